The molecule has 0 radical (unpaired) electrons. The molecule has 0 aliphatic carbocycles. The lowest BCUT2D eigenvalue weighted by Gasteiger charge is -2.21. The van der Waals surface area contributed by atoms with E-state index in [0.29, 0.717) is 6.54 Å². The minimum absolute atomic E-state index is 0.0424. The van der Waals surface area contributed by atoms with Crippen molar-refractivity contribution in [3.8, 4) is 11.8 Å². The third-order valence-corrected chi connectivity index (χ3v) is 3.48. The van der Waals surface area contributed by atoms with Crippen LogP contribution in [-0.4, -0.2) is 28.9 Å². The zero-order valence-corrected chi connectivity index (χ0v) is 13.5. The van der Waals surface area contributed by atoms with E-state index in [2.05, 4.69) is 0 Å². The molecule has 7 heteroatoms. The van der Waals surface area contributed by atoms with Crippen molar-refractivity contribution in [2.24, 2.45) is 0 Å². The smallest absolute Gasteiger partial charge is 0.310 e. The topological polar surface area (TPSA) is 96.5 Å². The van der Waals surface area contributed by atoms with Crippen molar-refractivity contribution in [2.75, 3.05) is 13.2 Å². The Balaban J connectivity index is 2.04. The summed E-state index contributed by atoms with van der Waals surface area (Å²) < 4.78 is 5.34. The summed E-state index contributed by atoms with van der Waals surface area (Å²) in [6, 6.07) is 17.3. The van der Waals surface area contributed by atoms with E-state index in [1.54, 1.807) is 6.07 Å². The number of nitriles is 1. The molecule has 0 aromatic heterocycles. The predicted octanol–water partition coefficient (Wildman–Crippen LogP) is 2.92. The van der Waals surface area contributed by atoms with Gasteiger partial charge in [0, 0.05) is 19.2 Å². The number of rotatable bonds is 8. The number of hydrogen-bond donors (Lipinski definition) is 0. The summed E-state index contributed by atoms with van der Waals surface area (Å²) in [7, 11) is 0. The molecule has 2 rings (SSSR count). The van der Waals surface area contributed by atoms with Crippen molar-refractivity contribution in [2.45, 2.75) is 13.0 Å². The van der Waals surface area contributed by atoms with Crippen LogP contribution in [-0.2, 0) is 11.3 Å². The lowest BCUT2D eigenvalue weighted by atomic mass is 10.2. The molecule has 0 spiro atoms. The first-order chi connectivity index (χ1) is 12.1. The van der Waals surface area contributed by atoms with Crippen LogP contribution in [0.2, 0.25) is 0 Å². The number of ether oxygens (including phenoxy) is 1. The van der Waals surface area contributed by atoms with Crippen LogP contribution < -0.4 is 4.74 Å². The zero-order valence-electron chi connectivity index (χ0n) is 13.5. The number of nitro benzene ring substituents is 1. The van der Waals surface area contributed by atoms with Gasteiger partial charge in [-0.2, -0.15) is 5.26 Å². The van der Waals surface area contributed by atoms with Crippen molar-refractivity contribution >= 4 is 11.6 Å². The lowest BCUT2D eigenvalue weighted by Crippen LogP contribution is -2.35. The third kappa shape index (κ3) is 5.32. The van der Waals surface area contributed by atoms with E-state index >= 15 is 0 Å². The van der Waals surface area contributed by atoms with Gasteiger partial charge in [-0.05, 0) is 11.6 Å². The molecule has 0 unspecified atom stereocenters. The molecule has 0 aliphatic rings. The Morgan fingerprint density at radius 1 is 1.16 bits per heavy atom. The highest BCUT2D eigenvalue weighted by molar-refractivity contribution is 5.78. The standard InChI is InChI=1S/C18H17N3O4/c19-11-6-12-20(13-15-7-2-1-3-8-15)18(22)14-25-17-10-5-4-9-16(17)21(23)24/h1-5,7-10H,6,12-14H2. The molecule has 0 heterocycles. The molecule has 7 nitrogen and oxygen atoms in total. The monoisotopic (exact) mass is 339 g/mol. The highest BCUT2D eigenvalue weighted by Crippen LogP contribution is 2.25. The average Bonchev–Trinajstić information content (AvgIpc) is 2.64. The Morgan fingerprint density at radius 3 is 2.52 bits per heavy atom. The highest BCUT2D eigenvalue weighted by Gasteiger charge is 2.18. The van der Waals surface area contributed by atoms with Crippen LogP contribution in [0, 0.1) is 21.4 Å². The van der Waals surface area contributed by atoms with E-state index in [0.717, 1.165) is 5.56 Å². The molecule has 0 fully saturated rings. The van der Waals surface area contributed by atoms with Gasteiger partial charge in [0.15, 0.2) is 12.4 Å². The van der Waals surface area contributed by atoms with Crippen molar-refractivity contribution in [3.05, 3.63) is 70.3 Å². The summed E-state index contributed by atoms with van der Waals surface area (Å²) in [5, 5.41) is 19.8. The van der Waals surface area contributed by atoms with E-state index in [-0.39, 0.29) is 36.9 Å². The molecule has 2 aromatic carbocycles. The van der Waals surface area contributed by atoms with E-state index < -0.39 is 4.92 Å². The van der Waals surface area contributed by atoms with Crippen molar-refractivity contribution in [3.63, 3.8) is 0 Å². The van der Waals surface area contributed by atoms with E-state index in [4.69, 9.17) is 10.00 Å². The predicted molar refractivity (Wildman–Crippen MR) is 90.7 cm³/mol. The highest BCUT2D eigenvalue weighted by atomic mass is 16.6. The maximum absolute atomic E-state index is 12.4. The normalized spacial score (nSPS) is 9.88. The summed E-state index contributed by atoms with van der Waals surface area (Å²) in [5.41, 5.74) is 0.737. The number of carbonyl (C=O) groups is 1. The van der Waals surface area contributed by atoms with Crippen LogP contribution in [0.25, 0.3) is 0 Å². The fourth-order valence-corrected chi connectivity index (χ4v) is 2.24. The van der Waals surface area contributed by atoms with Gasteiger partial charge in [0.1, 0.15) is 0 Å². The van der Waals surface area contributed by atoms with Crippen LogP contribution in [0.5, 0.6) is 5.75 Å². The molecular weight excluding hydrogens is 322 g/mol. The van der Waals surface area contributed by atoms with Crippen LogP contribution in [0.3, 0.4) is 0 Å². The first-order valence-electron chi connectivity index (χ1n) is 7.66. The third-order valence-electron chi connectivity index (χ3n) is 3.48. The number of para-hydroxylation sites is 2. The molecule has 0 atom stereocenters. The minimum atomic E-state index is -0.558. The minimum Gasteiger partial charge on any atom is -0.477 e. The maximum atomic E-state index is 12.4. The summed E-state index contributed by atoms with van der Waals surface area (Å²) in [6.45, 7) is 0.287. The molecule has 25 heavy (non-hydrogen) atoms. The molecule has 0 saturated carbocycles. The van der Waals surface area contributed by atoms with Gasteiger partial charge in [0.25, 0.3) is 5.91 Å². The Morgan fingerprint density at radius 2 is 1.84 bits per heavy atom. The number of nitrogens with zero attached hydrogens (tertiary/aromatic N) is 3. The Kier molecular flexibility index (Phi) is 6.48. The summed E-state index contributed by atoms with van der Waals surface area (Å²) in [4.78, 5) is 24.4. The molecular formula is C18H17N3O4. The zero-order chi connectivity index (χ0) is 18.1. The van der Waals surface area contributed by atoms with Gasteiger partial charge in [-0.15, -0.1) is 0 Å². The van der Waals surface area contributed by atoms with E-state index in [9.17, 15) is 14.9 Å². The Hall–Kier alpha value is -3.40. The maximum Gasteiger partial charge on any atom is 0.310 e. The number of nitro groups is 1. The van der Waals surface area contributed by atoms with Crippen molar-refractivity contribution in [1.29, 1.82) is 5.26 Å². The number of carbonyl (C=O) groups excluding carboxylic acids is 1. The fraction of sp³-hybridized carbons (Fsp3) is 0.222. The average molecular weight is 339 g/mol. The van der Waals surface area contributed by atoms with Gasteiger partial charge in [-0.1, -0.05) is 42.5 Å². The van der Waals surface area contributed by atoms with Crippen LogP contribution in [0.4, 0.5) is 5.69 Å². The number of benzene rings is 2. The second-order valence-corrected chi connectivity index (χ2v) is 5.22. The molecule has 0 saturated heterocycles. The van der Waals surface area contributed by atoms with Gasteiger partial charge in [-0.3, -0.25) is 14.9 Å². The van der Waals surface area contributed by atoms with Crippen LogP contribution in [0.15, 0.2) is 54.6 Å². The second kappa shape index (κ2) is 9.03. The van der Waals surface area contributed by atoms with Gasteiger partial charge in [-0.25, -0.2) is 0 Å². The molecule has 0 aliphatic heterocycles. The molecule has 128 valence electrons. The summed E-state index contributed by atoms with van der Waals surface area (Å²) in [5.74, 6) is -0.293. The summed E-state index contributed by atoms with van der Waals surface area (Å²) >= 11 is 0. The number of hydrogen-bond acceptors (Lipinski definition) is 5. The van der Waals surface area contributed by atoms with Gasteiger partial charge < -0.3 is 9.64 Å². The number of amides is 1. The second-order valence-electron chi connectivity index (χ2n) is 5.22. The van der Waals surface area contributed by atoms with Gasteiger partial charge >= 0.3 is 5.69 Å². The van der Waals surface area contributed by atoms with Crippen molar-refractivity contribution < 1.29 is 14.5 Å². The molecule has 1 amide bonds. The van der Waals surface area contributed by atoms with Gasteiger partial charge in [0.05, 0.1) is 17.4 Å². The van der Waals surface area contributed by atoms with Crippen LogP contribution >= 0.6 is 0 Å². The first kappa shape index (κ1) is 17.9. The Bertz CT molecular complexity index is 771. The SMILES string of the molecule is N#CCCN(Cc1ccccc1)C(=O)COc1ccccc1[N+](=O)[O-]. The lowest BCUT2D eigenvalue weighted by molar-refractivity contribution is -0.385. The molecule has 2 aromatic rings. The summed E-state index contributed by atoms with van der Waals surface area (Å²) in [6.07, 6.45) is 0.198. The first-order valence-corrected chi connectivity index (χ1v) is 7.66. The van der Waals surface area contributed by atoms with Crippen LogP contribution in [0.1, 0.15) is 12.0 Å². The van der Waals surface area contributed by atoms with E-state index in [1.165, 1.54) is 23.1 Å². The van der Waals surface area contributed by atoms with Crippen molar-refractivity contribution in [1.82, 2.24) is 4.90 Å². The Labute approximate surface area is 145 Å². The van der Waals surface area contributed by atoms with Gasteiger partial charge in [0.2, 0.25) is 0 Å². The quantitative estimate of drug-likeness (QED) is 0.544. The largest absolute Gasteiger partial charge is 0.477 e. The molecule has 0 N–H and O–H groups in total. The molecule has 0 bridgehead atoms. The van der Waals surface area contributed by atoms with E-state index in [1.807, 2.05) is 36.4 Å². The fourth-order valence-electron chi connectivity index (χ4n) is 2.24.